The monoisotopic (exact) mass is 524 g/mol. The Balaban J connectivity index is 1.43. The molecule has 2 fully saturated rings. The van der Waals surface area contributed by atoms with Crippen molar-refractivity contribution in [2.24, 2.45) is 0 Å². The number of nitrogen functional groups attached to an aromatic ring is 2. The number of carbonyl (C=O) groups is 1. The maximum Gasteiger partial charge on any atom is 0.272 e. The van der Waals surface area contributed by atoms with Crippen molar-refractivity contribution in [3.05, 3.63) is 53.7 Å². The summed E-state index contributed by atoms with van der Waals surface area (Å²) in [5, 5.41) is 10.8. The number of fused-ring (bicyclic) bond motifs is 3. The van der Waals surface area contributed by atoms with Crippen LogP contribution >= 0.6 is 0 Å². The molecule has 0 spiro atoms. The molecule has 1 unspecified atom stereocenters. The quantitative estimate of drug-likeness (QED) is 0.366. The standard InChI is InChI=1S/C24H25FN8O3S/c1-37(35,36)21-20(29-23-17(11-28-33(23)22(21)27)12-2-4-14(25)5-3-12)13-8-15-6-7-16(9-13)32(15)24(34)18-10-19(26)31-30-18/h2-5,10-11,13,15-16H,6-9,27H2,1H3,(H3,26,30,31)/t13?,15-,16+. The number of sulfone groups is 1. The Hall–Kier alpha value is -4.00. The Bertz CT molecular complexity index is 1630. The third-order valence-electron chi connectivity index (χ3n) is 7.37. The lowest BCUT2D eigenvalue weighted by atomic mass is 9.87. The van der Waals surface area contributed by atoms with E-state index in [1.165, 1.54) is 22.7 Å². The highest BCUT2D eigenvalue weighted by Gasteiger charge is 2.46. The topological polar surface area (TPSA) is 165 Å². The number of benzene rings is 1. The van der Waals surface area contributed by atoms with Gasteiger partial charge in [0.25, 0.3) is 5.91 Å². The second-order valence-electron chi connectivity index (χ2n) is 9.76. The van der Waals surface area contributed by atoms with E-state index >= 15 is 0 Å². The molecule has 0 aliphatic carbocycles. The van der Waals surface area contributed by atoms with Crippen molar-refractivity contribution in [3.8, 4) is 11.1 Å². The zero-order valence-electron chi connectivity index (χ0n) is 19.9. The van der Waals surface area contributed by atoms with Gasteiger partial charge < -0.3 is 16.4 Å². The molecule has 2 aliphatic heterocycles. The Morgan fingerprint density at radius 1 is 1.14 bits per heavy atom. The average Bonchev–Trinajstić information content (AvgIpc) is 3.54. The molecule has 2 aliphatic rings. The summed E-state index contributed by atoms with van der Waals surface area (Å²) in [5.41, 5.74) is 14.5. The van der Waals surface area contributed by atoms with Gasteiger partial charge in [-0.2, -0.15) is 14.7 Å². The van der Waals surface area contributed by atoms with Gasteiger partial charge in [0, 0.05) is 35.9 Å². The summed E-state index contributed by atoms with van der Waals surface area (Å²) in [5.74, 6) is -0.553. The van der Waals surface area contributed by atoms with Crippen molar-refractivity contribution in [1.29, 1.82) is 0 Å². The van der Waals surface area contributed by atoms with Crippen LogP contribution in [0.15, 0.2) is 41.4 Å². The highest BCUT2D eigenvalue weighted by Crippen LogP contribution is 2.45. The largest absolute Gasteiger partial charge is 0.382 e. The number of nitrogens with two attached hydrogens (primary N) is 2. The minimum absolute atomic E-state index is 0.0188. The molecule has 0 saturated carbocycles. The number of anilines is 2. The SMILES string of the molecule is CS(=O)(=O)c1c(C2C[C@H]3CC[C@@H](C2)N3C(=O)c2cc(N)n[nH]2)nc2c(-c3ccc(F)cc3)cnn2c1N. The van der Waals surface area contributed by atoms with E-state index in [0.29, 0.717) is 41.0 Å². The molecule has 3 aromatic heterocycles. The van der Waals surface area contributed by atoms with Crippen LogP contribution in [0, 0.1) is 5.82 Å². The van der Waals surface area contributed by atoms with Crippen LogP contribution in [0.5, 0.6) is 0 Å². The first-order valence-corrected chi connectivity index (χ1v) is 13.8. The van der Waals surface area contributed by atoms with E-state index in [-0.39, 0.29) is 46.3 Å². The number of H-pyrrole nitrogens is 1. The van der Waals surface area contributed by atoms with Crippen molar-refractivity contribution in [1.82, 2.24) is 29.7 Å². The molecule has 2 bridgehead atoms. The van der Waals surface area contributed by atoms with Gasteiger partial charge in [0.1, 0.15) is 28.0 Å². The van der Waals surface area contributed by atoms with Gasteiger partial charge in [-0.25, -0.2) is 17.8 Å². The van der Waals surface area contributed by atoms with Crippen molar-refractivity contribution in [2.75, 3.05) is 17.7 Å². The Morgan fingerprint density at radius 3 is 2.41 bits per heavy atom. The minimum Gasteiger partial charge on any atom is -0.382 e. The molecule has 4 aromatic rings. The zero-order valence-corrected chi connectivity index (χ0v) is 20.7. The average molecular weight is 525 g/mol. The molecule has 5 heterocycles. The summed E-state index contributed by atoms with van der Waals surface area (Å²) in [6.45, 7) is 0. The zero-order chi connectivity index (χ0) is 26.1. The molecule has 1 amide bonds. The van der Waals surface area contributed by atoms with Crippen molar-refractivity contribution in [2.45, 2.75) is 48.6 Å². The highest BCUT2D eigenvalue weighted by molar-refractivity contribution is 7.91. The molecule has 192 valence electrons. The van der Waals surface area contributed by atoms with E-state index in [2.05, 4.69) is 15.3 Å². The van der Waals surface area contributed by atoms with Gasteiger partial charge in [-0.15, -0.1) is 0 Å². The van der Waals surface area contributed by atoms with Crippen molar-refractivity contribution < 1.29 is 17.6 Å². The number of halogens is 1. The van der Waals surface area contributed by atoms with Gasteiger partial charge in [0.05, 0.1) is 11.9 Å². The number of carbonyl (C=O) groups excluding carboxylic acids is 1. The molecule has 2 saturated heterocycles. The normalized spacial score (nSPS) is 21.6. The molecule has 6 rings (SSSR count). The maximum atomic E-state index is 13.5. The first-order valence-electron chi connectivity index (χ1n) is 11.9. The lowest BCUT2D eigenvalue weighted by Crippen LogP contribution is -2.46. The molecule has 1 aromatic carbocycles. The van der Waals surface area contributed by atoms with Gasteiger partial charge in [-0.1, -0.05) is 12.1 Å². The summed E-state index contributed by atoms with van der Waals surface area (Å²) in [7, 11) is -3.76. The summed E-state index contributed by atoms with van der Waals surface area (Å²) < 4.78 is 40.7. The Morgan fingerprint density at radius 2 is 1.81 bits per heavy atom. The number of piperidine rings is 1. The van der Waals surface area contributed by atoms with Crippen LogP contribution in [-0.2, 0) is 9.84 Å². The second-order valence-corrected chi connectivity index (χ2v) is 11.7. The number of nitrogens with zero attached hydrogens (tertiary/aromatic N) is 5. The fourth-order valence-electron chi connectivity index (χ4n) is 5.83. The number of aromatic amines is 1. The first-order chi connectivity index (χ1) is 17.6. The fourth-order valence-corrected chi connectivity index (χ4v) is 6.88. The molecular formula is C24H25FN8O3S. The number of nitrogens with one attached hydrogen (secondary N) is 1. The lowest BCUT2D eigenvalue weighted by molar-refractivity contribution is 0.0562. The van der Waals surface area contributed by atoms with E-state index in [1.54, 1.807) is 18.3 Å². The molecule has 11 nitrogen and oxygen atoms in total. The summed E-state index contributed by atoms with van der Waals surface area (Å²) >= 11 is 0. The van der Waals surface area contributed by atoms with Crippen LogP contribution in [0.3, 0.4) is 0 Å². The van der Waals surface area contributed by atoms with E-state index in [9.17, 15) is 17.6 Å². The van der Waals surface area contributed by atoms with Crippen molar-refractivity contribution >= 4 is 33.0 Å². The second kappa shape index (κ2) is 8.26. The number of hydrogen-bond acceptors (Lipinski definition) is 8. The van der Waals surface area contributed by atoms with Gasteiger partial charge in [-0.3, -0.25) is 9.89 Å². The van der Waals surface area contributed by atoms with E-state index in [1.807, 2.05) is 4.90 Å². The van der Waals surface area contributed by atoms with E-state index < -0.39 is 9.84 Å². The van der Waals surface area contributed by atoms with Gasteiger partial charge in [0.15, 0.2) is 15.5 Å². The molecule has 0 radical (unpaired) electrons. The Labute approximate surface area is 211 Å². The number of amides is 1. The molecule has 5 N–H and O–H groups in total. The molecule has 13 heteroatoms. The predicted molar refractivity (Wildman–Crippen MR) is 134 cm³/mol. The van der Waals surface area contributed by atoms with Crippen LogP contribution in [0.1, 0.15) is 47.8 Å². The van der Waals surface area contributed by atoms with Crippen LogP contribution in [-0.4, -0.2) is 62.4 Å². The Kier molecular flexibility index (Phi) is 5.23. The fraction of sp³-hybridized carbons (Fsp3) is 0.333. The van der Waals surface area contributed by atoms with Crippen LogP contribution < -0.4 is 11.5 Å². The van der Waals surface area contributed by atoms with Gasteiger partial charge in [0.2, 0.25) is 0 Å². The van der Waals surface area contributed by atoms with Gasteiger partial charge >= 0.3 is 0 Å². The summed E-state index contributed by atoms with van der Waals surface area (Å²) in [6.07, 6.45) is 5.33. The minimum atomic E-state index is -3.76. The number of aromatic nitrogens is 5. The summed E-state index contributed by atoms with van der Waals surface area (Å²) in [6, 6.07) is 7.24. The highest BCUT2D eigenvalue weighted by atomic mass is 32.2. The van der Waals surface area contributed by atoms with Crippen molar-refractivity contribution in [3.63, 3.8) is 0 Å². The third-order valence-corrected chi connectivity index (χ3v) is 8.53. The van der Waals surface area contributed by atoms with Crippen LogP contribution in [0.4, 0.5) is 16.0 Å². The smallest absolute Gasteiger partial charge is 0.272 e. The predicted octanol–water partition coefficient (Wildman–Crippen LogP) is 2.38. The van der Waals surface area contributed by atoms with Crippen LogP contribution in [0.2, 0.25) is 0 Å². The number of hydrogen-bond donors (Lipinski definition) is 3. The first kappa shape index (κ1) is 23.4. The number of rotatable bonds is 4. The molecule has 3 atom stereocenters. The van der Waals surface area contributed by atoms with Gasteiger partial charge in [-0.05, 0) is 43.4 Å². The third kappa shape index (κ3) is 3.80. The van der Waals surface area contributed by atoms with E-state index in [4.69, 9.17) is 16.5 Å². The summed E-state index contributed by atoms with van der Waals surface area (Å²) in [4.78, 5) is 19.8. The molecule has 37 heavy (non-hydrogen) atoms. The van der Waals surface area contributed by atoms with Crippen LogP contribution in [0.25, 0.3) is 16.8 Å². The maximum absolute atomic E-state index is 13.5. The van der Waals surface area contributed by atoms with E-state index in [0.717, 1.165) is 19.1 Å². The molecular weight excluding hydrogens is 499 g/mol. The lowest BCUT2D eigenvalue weighted by Gasteiger charge is -2.39.